The smallest absolute Gasteiger partial charge is 0.145 e. The van der Waals surface area contributed by atoms with Crippen molar-refractivity contribution >= 4 is 23.2 Å². The first-order valence-corrected chi connectivity index (χ1v) is 5.45. The molecule has 0 amide bonds. The highest BCUT2D eigenvalue weighted by Gasteiger charge is 2.20. The van der Waals surface area contributed by atoms with Crippen molar-refractivity contribution in [3.8, 4) is 0 Å². The molecule has 0 aliphatic rings. The van der Waals surface area contributed by atoms with Gasteiger partial charge in [0.15, 0.2) is 0 Å². The second kappa shape index (κ2) is 5.77. The van der Waals surface area contributed by atoms with Crippen molar-refractivity contribution in [2.24, 2.45) is 0 Å². The van der Waals surface area contributed by atoms with E-state index in [1.807, 2.05) is 0 Å². The molecule has 0 heterocycles. The largest absolute Gasteiger partial charge is 0.390 e. The average Bonchev–Trinajstić information content (AvgIpc) is 2.24. The Bertz CT molecular complexity index is 351. The van der Waals surface area contributed by atoms with Crippen molar-refractivity contribution < 1.29 is 19.0 Å². The second-order valence-corrected chi connectivity index (χ2v) is 4.04. The number of hydrogen-bond acceptors (Lipinski definition) is 2. The molecule has 2 N–H and O–H groups in total. The lowest BCUT2D eigenvalue weighted by Gasteiger charge is -2.17. The maximum atomic E-state index is 13.1. The Kier molecular flexibility index (Phi) is 4.92. The van der Waals surface area contributed by atoms with Crippen LogP contribution in [0.5, 0.6) is 0 Å². The predicted octanol–water partition coefficient (Wildman–Crippen LogP) is 2.64. The molecule has 0 radical (unpaired) electrons. The van der Waals surface area contributed by atoms with E-state index in [1.165, 1.54) is 0 Å². The molecule has 0 fully saturated rings. The first-order valence-electron chi connectivity index (χ1n) is 4.54. The van der Waals surface area contributed by atoms with Crippen LogP contribution in [-0.2, 0) is 0 Å². The normalized spacial score (nSPS) is 14.9. The molecule has 2 atom stereocenters. The van der Waals surface area contributed by atoms with E-state index >= 15 is 0 Å². The molecule has 1 aromatic carbocycles. The molecule has 2 unspecified atom stereocenters. The minimum Gasteiger partial charge on any atom is -0.390 e. The number of hydrogen-bond donors (Lipinski definition) is 2. The van der Waals surface area contributed by atoms with Crippen LogP contribution >= 0.6 is 23.2 Å². The number of alkyl halides is 1. The predicted molar refractivity (Wildman–Crippen MR) is 57.7 cm³/mol. The Morgan fingerprint density at radius 1 is 1.19 bits per heavy atom. The van der Waals surface area contributed by atoms with E-state index in [9.17, 15) is 19.0 Å². The van der Waals surface area contributed by atoms with Crippen LogP contribution in [0, 0.1) is 11.6 Å². The first-order chi connectivity index (χ1) is 7.47. The topological polar surface area (TPSA) is 40.5 Å². The summed E-state index contributed by atoms with van der Waals surface area (Å²) < 4.78 is 26.1. The number of aliphatic hydroxyl groups is 2. The van der Waals surface area contributed by atoms with E-state index in [0.717, 1.165) is 12.1 Å². The van der Waals surface area contributed by atoms with Gasteiger partial charge in [-0.3, -0.25) is 0 Å². The van der Waals surface area contributed by atoms with E-state index in [1.54, 1.807) is 0 Å². The Morgan fingerprint density at radius 2 is 1.69 bits per heavy atom. The molecule has 16 heavy (non-hydrogen) atoms. The summed E-state index contributed by atoms with van der Waals surface area (Å²) in [6, 6.07) is 1.76. The summed E-state index contributed by atoms with van der Waals surface area (Å²) in [5, 5.41) is 18.3. The highest BCUT2D eigenvalue weighted by Crippen LogP contribution is 2.26. The molecular formula is C10H10Cl2F2O2. The van der Waals surface area contributed by atoms with Crippen molar-refractivity contribution in [1.82, 2.24) is 0 Å². The van der Waals surface area contributed by atoms with E-state index < -0.39 is 28.9 Å². The van der Waals surface area contributed by atoms with Crippen LogP contribution in [0.15, 0.2) is 12.1 Å². The fraction of sp³-hybridized carbons (Fsp3) is 0.400. The third-order valence-electron chi connectivity index (χ3n) is 2.12. The van der Waals surface area contributed by atoms with Crippen molar-refractivity contribution in [1.29, 1.82) is 0 Å². The third kappa shape index (κ3) is 3.04. The van der Waals surface area contributed by atoms with Gasteiger partial charge in [-0.25, -0.2) is 8.78 Å². The minimum atomic E-state index is -1.39. The average molecular weight is 271 g/mol. The van der Waals surface area contributed by atoms with Gasteiger partial charge in [-0.2, -0.15) is 0 Å². The summed E-state index contributed by atoms with van der Waals surface area (Å²) in [6.45, 7) is 0. The summed E-state index contributed by atoms with van der Waals surface area (Å²) >= 11 is 10.7. The maximum absolute atomic E-state index is 13.1. The van der Waals surface area contributed by atoms with Crippen LogP contribution in [0.4, 0.5) is 8.78 Å². The van der Waals surface area contributed by atoms with Crippen LogP contribution in [0.25, 0.3) is 0 Å². The molecule has 0 bridgehead atoms. The van der Waals surface area contributed by atoms with Crippen molar-refractivity contribution in [2.45, 2.75) is 18.6 Å². The van der Waals surface area contributed by atoms with Gasteiger partial charge in [0.1, 0.15) is 22.8 Å². The highest BCUT2D eigenvalue weighted by atomic mass is 35.5. The number of halogens is 4. The van der Waals surface area contributed by atoms with Crippen molar-refractivity contribution in [3.63, 3.8) is 0 Å². The minimum absolute atomic E-state index is 0.0722. The monoisotopic (exact) mass is 270 g/mol. The van der Waals surface area contributed by atoms with E-state index in [2.05, 4.69) is 0 Å². The zero-order valence-corrected chi connectivity index (χ0v) is 9.64. The Balaban J connectivity index is 2.96. The van der Waals surface area contributed by atoms with Crippen LogP contribution in [0.3, 0.4) is 0 Å². The maximum Gasteiger partial charge on any atom is 0.145 e. The van der Waals surface area contributed by atoms with Gasteiger partial charge < -0.3 is 10.2 Å². The molecule has 0 saturated carbocycles. The quantitative estimate of drug-likeness (QED) is 0.652. The molecule has 1 aromatic rings. The molecule has 0 saturated heterocycles. The molecule has 6 heteroatoms. The zero-order valence-electron chi connectivity index (χ0n) is 8.13. The lowest BCUT2D eigenvalue weighted by molar-refractivity contribution is 0.0167. The van der Waals surface area contributed by atoms with Gasteiger partial charge in [-0.1, -0.05) is 11.6 Å². The first kappa shape index (κ1) is 13.6. The van der Waals surface area contributed by atoms with Gasteiger partial charge in [0.05, 0.1) is 6.10 Å². The molecule has 90 valence electrons. The SMILES string of the molecule is OC(CCCl)C(O)c1cc(F)c(Cl)c(F)c1. The van der Waals surface area contributed by atoms with Gasteiger partial charge >= 0.3 is 0 Å². The van der Waals surface area contributed by atoms with Crippen molar-refractivity contribution in [3.05, 3.63) is 34.4 Å². The van der Waals surface area contributed by atoms with Crippen LogP contribution in [0.1, 0.15) is 18.1 Å². The Morgan fingerprint density at radius 3 is 2.12 bits per heavy atom. The Labute approximate surface area is 101 Å². The van der Waals surface area contributed by atoms with Gasteiger partial charge in [0.25, 0.3) is 0 Å². The molecule has 0 aliphatic heterocycles. The molecule has 1 rings (SSSR count). The summed E-state index contributed by atoms with van der Waals surface area (Å²) in [7, 11) is 0. The zero-order chi connectivity index (χ0) is 12.3. The molecular weight excluding hydrogens is 261 g/mol. The standard InChI is InChI=1S/C10H10Cl2F2O2/c11-2-1-8(15)10(16)5-3-6(13)9(12)7(14)4-5/h3-4,8,10,15-16H,1-2H2. The third-order valence-corrected chi connectivity index (χ3v) is 2.70. The van der Waals surface area contributed by atoms with Gasteiger partial charge in [-0.05, 0) is 24.1 Å². The Hall–Kier alpha value is -0.420. The van der Waals surface area contributed by atoms with Gasteiger partial charge in [-0.15, -0.1) is 11.6 Å². The molecule has 0 spiro atoms. The summed E-state index contributed by atoms with van der Waals surface area (Å²) in [4.78, 5) is 0. The van der Waals surface area contributed by atoms with Crippen molar-refractivity contribution in [2.75, 3.05) is 5.88 Å². The molecule has 0 aromatic heterocycles. The number of benzene rings is 1. The fourth-order valence-corrected chi connectivity index (χ4v) is 1.57. The fourth-order valence-electron chi connectivity index (χ4n) is 1.24. The van der Waals surface area contributed by atoms with Crippen LogP contribution < -0.4 is 0 Å². The number of aliphatic hydroxyl groups excluding tert-OH is 2. The summed E-state index contributed by atoms with van der Waals surface area (Å²) in [5.41, 5.74) is -0.0722. The highest BCUT2D eigenvalue weighted by molar-refractivity contribution is 6.30. The van der Waals surface area contributed by atoms with Crippen LogP contribution in [-0.4, -0.2) is 22.2 Å². The molecule has 0 aliphatic carbocycles. The lowest BCUT2D eigenvalue weighted by Crippen LogP contribution is -2.19. The summed E-state index contributed by atoms with van der Waals surface area (Å²) in [6.07, 6.45) is -2.44. The van der Waals surface area contributed by atoms with Gasteiger partial charge in [0, 0.05) is 5.88 Å². The summed E-state index contributed by atoms with van der Waals surface area (Å²) in [5.74, 6) is -1.82. The second-order valence-electron chi connectivity index (χ2n) is 3.29. The number of rotatable bonds is 4. The lowest BCUT2D eigenvalue weighted by atomic mass is 10.0. The molecule has 2 nitrogen and oxygen atoms in total. The van der Waals surface area contributed by atoms with E-state index in [-0.39, 0.29) is 17.9 Å². The van der Waals surface area contributed by atoms with E-state index in [0.29, 0.717) is 0 Å². The van der Waals surface area contributed by atoms with Crippen LogP contribution in [0.2, 0.25) is 5.02 Å². The van der Waals surface area contributed by atoms with Gasteiger partial charge in [0.2, 0.25) is 0 Å². The van der Waals surface area contributed by atoms with E-state index in [4.69, 9.17) is 23.2 Å².